The van der Waals surface area contributed by atoms with Crippen molar-refractivity contribution in [1.82, 2.24) is 5.32 Å². The minimum absolute atomic E-state index is 0.266. The van der Waals surface area contributed by atoms with Crippen LogP contribution in [0.2, 0.25) is 0 Å². The summed E-state index contributed by atoms with van der Waals surface area (Å²) in [5, 5.41) is 10.0. The number of hydrogen-bond donors (Lipinski definition) is 1. The second-order valence-corrected chi connectivity index (χ2v) is 0.864. The van der Waals surface area contributed by atoms with Crippen LogP contribution in [0, 0.1) is 11.5 Å². The topological polar surface area (TPSA) is 45.0 Å². The van der Waals surface area contributed by atoms with Gasteiger partial charge in [0, 0.05) is 0 Å². The lowest BCUT2D eigenvalue weighted by Crippen LogP contribution is -2.04. The van der Waals surface area contributed by atoms with Gasteiger partial charge in [0.1, 0.15) is 0 Å². The van der Waals surface area contributed by atoms with Crippen LogP contribution in [0.5, 0.6) is 0 Å². The molecule has 0 saturated carbocycles. The summed E-state index contributed by atoms with van der Waals surface area (Å²) in [6.07, 6.45) is 1.64. The molecule has 0 aromatic carbocycles. The minimum Gasteiger partial charge on any atom is -0.482 e. The lowest BCUT2D eigenvalue weighted by atomic mass is 10.9. The molecule has 0 atom stereocenters. The van der Waals surface area contributed by atoms with Gasteiger partial charge in [-0.05, 0) is 6.58 Å². The van der Waals surface area contributed by atoms with Gasteiger partial charge in [-0.1, -0.05) is 0 Å². The third-order valence-electron chi connectivity index (χ3n) is 0.442. The highest BCUT2D eigenvalue weighted by molar-refractivity contribution is 4.85. The molecular weight excluding hydrogens is 92.1 g/mol. The molecule has 0 aromatic heterocycles. The lowest BCUT2D eigenvalue weighted by molar-refractivity contribution is 0.275. The first-order valence-corrected chi connectivity index (χ1v) is 1.69. The fourth-order valence-corrected chi connectivity index (χ4v) is 0.113. The number of ether oxygens (including phenoxy) is 1. The van der Waals surface area contributed by atoms with Gasteiger partial charge in [0.05, 0.1) is 7.11 Å². The van der Waals surface area contributed by atoms with Crippen molar-refractivity contribution in [2.75, 3.05) is 7.11 Å². The van der Waals surface area contributed by atoms with E-state index in [9.17, 15) is 0 Å². The van der Waals surface area contributed by atoms with Gasteiger partial charge in [0.25, 0.3) is 0 Å². The van der Waals surface area contributed by atoms with Gasteiger partial charge in [-0.15, -0.1) is 0 Å². The van der Waals surface area contributed by atoms with Crippen molar-refractivity contribution in [1.29, 1.82) is 5.26 Å². The van der Waals surface area contributed by atoms with Crippen LogP contribution in [0.4, 0.5) is 0 Å². The Morgan fingerprint density at radius 3 is 2.71 bits per heavy atom. The van der Waals surface area contributed by atoms with Crippen LogP contribution in [-0.2, 0) is 4.74 Å². The number of nitriles is 1. The molecule has 0 unspecified atom stereocenters. The van der Waals surface area contributed by atoms with Gasteiger partial charge < -0.3 is 4.74 Å². The first-order valence-electron chi connectivity index (χ1n) is 1.69. The summed E-state index contributed by atoms with van der Waals surface area (Å²) >= 11 is 0. The maximum absolute atomic E-state index is 7.87. The van der Waals surface area contributed by atoms with Gasteiger partial charge >= 0.3 is 0 Å². The van der Waals surface area contributed by atoms with Crippen LogP contribution < -0.4 is 5.32 Å². The summed E-state index contributed by atoms with van der Waals surface area (Å²) in [5.41, 5.74) is 0. The molecule has 0 amide bonds. The summed E-state index contributed by atoms with van der Waals surface area (Å²) in [4.78, 5) is 0. The molecule has 7 heavy (non-hydrogen) atoms. The van der Waals surface area contributed by atoms with Gasteiger partial charge in [0.15, 0.2) is 12.1 Å². The van der Waals surface area contributed by atoms with Crippen molar-refractivity contribution in [3.8, 4) is 6.19 Å². The number of methoxy groups -OCH3 is 1. The van der Waals surface area contributed by atoms with Crippen molar-refractivity contribution in [2.24, 2.45) is 0 Å². The number of nitrogens with zero attached hydrogens (tertiary/aromatic N) is 1. The molecular formula is C4H6N2O. The molecule has 0 heterocycles. The fourth-order valence-electron chi connectivity index (χ4n) is 0.113. The van der Waals surface area contributed by atoms with E-state index < -0.39 is 0 Å². The highest BCUT2D eigenvalue weighted by Crippen LogP contribution is 1.77. The van der Waals surface area contributed by atoms with E-state index in [2.05, 4.69) is 16.6 Å². The zero-order valence-electron chi connectivity index (χ0n) is 4.06. The van der Waals surface area contributed by atoms with Crippen molar-refractivity contribution in [2.45, 2.75) is 0 Å². The minimum atomic E-state index is 0.266. The first-order chi connectivity index (χ1) is 3.31. The van der Waals surface area contributed by atoms with Crippen molar-refractivity contribution in [3.05, 3.63) is 12.5 Å². The van der Waals surface area contributed by atoms with E-state index in [0.29, 0.717) is 0 Å². The molecule has 0 aliphatic rings. The van der Waals surface area contributed by atoms with E-state index in [1.165, 1.54) is 7.11 Å². The summed E-state index contributed by atoms with van der Waals surface area (Å²) in [5.74, 6) is 0.266. The molecule has 3 heteroatoms. The normalized spacial score (nSPS) is 6.29. The molecule has 0 aromatic rings. The van der Waals surface area contributed by atoms with E-state index in [1.807, 2.05) is 0 Å². The Hall–Kier alpha value is -1.17. The molecule has 38 valence electrons. The molecule has 0 saturated heterocycles. The summed E-state index contributed by atoms with van der Waals surface area (Å²) < 4.78 is 4.46. The SMILES string of the molecule is C=C(NC#N)OC. The Balaban J connectivity index is 3.23. The predicted octanol–water partition coefficient (Wildman–Crippen LogP) is 0.175. The zero-order chi connectivity index (χ0) is 5.70. The Labute approximate surface area is 42.2 Å². The third-order valence-corrected chi connectivity index (χ3v) is 0.442. The van der Waals surface area contributed by atoms with Crippen molar-refractivity contribution >= 4 is 0 Å². The molecule has 0 radical (unpaired) electrons. The first kappa shape index (κ1) is 5.83. The largest absolute Gasteiger partial charge is 0.482 e. The van der Waals surface area contributed by atoms with E-state index in [0.717, 1.165) is 0 Å². The quantitative estimate of drug-likeness (QED) is 0.304. The Bertz CT molecular complexity index is 103. The smallest absolute Gasteiger partial charge is 0.192 e. The monoisotopic (exact) mass is 98.0 g/mol. The number of hydrogen-bond acceptors (Lipinski definition) is 3. The summed E-state index contributed by atoms with van der Waals surface area (Å²) in [7, 11) is 1.44. The predicted molar refractivity (Wildman–Crippen MR) is 24.9 cm³/mol. The highest BCUT2D eigenvalue weighted by atomic mass is 16.5. The zero-order valence-corrected chi connectivity index (χ0v) is 4.06. The van der Waals surface area contributed by atoms with Crippen molar-refractivity contribution in [3.63, 3.8) is 0 Å². The standard InChI is InChI=1S/C4H6N2O/c1-4(7-2)6-3-5/h6H,1H2,2H3. The van der Waals surface area contributed by atoms with Crippen molar-refractivity contribution < 1.29 is 4.74 Å². The van der Waals surface area contributed by atoms with Gasteiger partial charge in [0.2, 0.25) is 0 Å². The molecule has 0 aliphatic carbocycles. The molecule has 0 bridgehead atoms. The Kier molecular flexibility index (Phi) is 2.53. The van der Waals surface area contributed by atoms with Crippen LogP contribution >= 0.6 is 0 Å². The number of rotatable bonds is 2. The summed E-state index contributed by atoms with van der Waals surface area (Å²) in [6, 6.07) is 0. The maximum atomic E-state index is 7.87. The van der Waals surface area contributed by atoms with Crippen LogP contribution in [0.1, 0.15) is 0 Å². The van der Waals surface area contributed by atoms with Crippen LogP contribution in [-0.4, -0.2) is 7.11 Å². The lowest BCUT2D eigenvalue weighted by Gasteiger charge is -1.95. The molecule has 1 N–H and O–H groups in total. The second kappa shape index (κ2) is 3.04. The molecule has 0 fully saturated rings. The molecule has 3 nitrogen and oxygen atoms in total. The van der Waals surface area contributed by atoms with Crippen LogP contribution in [0.15, 0.2) is 12.5 Å². The molecule has 0 aliphatic heterocycles. The van der Waals surface area contributed by atoms with Gasteiger partial charge in [-0.25, -0.2) is 0 Å². The summed E-state index contributed by atoms with van der Waals surface area (Å²) in [6.45, 7) is 3.31. The number of nitrogens with one attached hydrogen (secondary N) is 1. The molecule has 0 spiro atoms. The average Bonchev–Trinajstić information content (AvgIpc) is 1.68. The third kappa shape index (κ3) is 2.64. The van der Waals surface area contributed by atoms with E-state index in [1.54, 1.807) is 6.19 Å². The van der Waals surface area contributed by atoms with Crippen LogP contribution in [0.3, 0.4) is 0 Å². The van der Waals surface area contributed by atoms with E-state index >= 15 is 0 Å². The second-order valence-electron chi connectivity index (χ2n) is 0.864. The fraction of sp³-hybridized carbons (Fsp3) is 0.250. The Morgan fingerprint density at radius 1 is 2.00 bits per heavy atom. The van der Waals surface area contributed by atoms with Gasteiger partial charge in [-0.2, -0.15) is 5.26 Å². The van der Waals surface area contributed by atoms with E-state index in [4.69, 9.17) is 5.26 Å². The highest BCUT2D eigenvalue weighted by Gasteiger charge is 1.79. The Morgan fingerprint density at radius 2 is 2.57 bits per heavy atom. The van der Waals surface area contributed by atoms with E-state index in [-0.39, 0.29) is 5.88 Å². The molecule has 0 rings (SSSR count). The average molecular weight is 98.1 g/mol. The van der Waals surface area contributed by atoms with Gasteiger partial charge in [-0.3, -0.25) is 5.32 Å². The van der Waals surface area contributed by atoms with Crippen LogP contribution in [0.25, 0.3) is 0 Å². The maximum Gasteiger partial charge on any atom is 0.192 e.